The number of hydrogen-bond donors (Lipinski definition) is 2. The lowest BCUT2D eigenvalue weighted by atomic mass is 10.0. The van der Waals surface area contributed by atoms with Crippen LogP contribution in [-0.4, -0.2) is 47.1 Å². The van der Waals surface area contributed by atoms with E-state index in [1.807, 2.05) is 0 Å². The Morgan fingerprint density at radius 3 is 2.73 bits per heavy atom. The highest BCUT2D eigenvalue weighted by atomic mass is 32.2. The first-order valence-electron chi connectivity index (χ1n) is 4.24. The van der Waals surface area contributed by atoms with Crippen LogP contribution in [0, 0.1) is 5.92 Å². The van der Waals surface area contributed by atoms with Gasteiger partial charge in [0.1, 0.15) is 0 Å². The van der Waals surface area contributed by atoms with Crippen LogP contribution in [0.5, 0.6) is 0 Å². The lowest BCUT2D eigenvalue weighted by Gasteiger charge is -2.34. The van der Waals surface area contributed by atoms with Crippen LogP contribution in [0.4, 0.5) is 0 Å². The highest BCUT2D eigenvalue weighted by Gasteiger charge is 2.40. The predicted molar refractivity (Wildman–Crippen MR) is 48.5 cm³/mol. The normalized spacial score (nSPS) is 18.7. The second-order valence-corrected chi connectivity index (χ2v) is 5.18. The Labute approximate surface area is 85.8 Å². The van der Waals surface area contributed by atoms with Gasteiger partial charge >= 0.3 is 5.97 Å². The fourth-order valence-electron chi connectivity index (χ4n) is 1.32. The number of carboxylic acids is 1. The lowest BCUT2D eigenvalue weighted by molar-refractivity contribution is -0.145. The molecular weight excluding hydrogens is 222 g/mol. The molecule has 0 aromatic carbocycles. The average Bonchev–Trinajstić information content (AvgIpc) is 2.50. The van der Waals surface area contributed by atoms with Crippen LogP contribution in [0.2, 0.25) is 0 Å². The number of carboxylic acid groups (broad SMARTS) is 1. The molecule has 2 rings (SSSR count). The Hall–Kier alpha value is -1.41. The van der Waals surface area contributed by atoms with Crippen molar-refractivity contribution in [3.8, 4) is 0 Å². The molecule has 0 unspecified atom stereocenters. The van der Waals surface area contributed by atoms with Crippen LogP contribution in [0.25, 0.3) is 0 Å². The monoisotopic (exact) mass is 231 g/mol. The molecule has 0 amide bonds. The SMILES string of the molecule is O=C(O)C1CN(S(=O)(=O)c2ccn[nH]2)C1. The van der Waals surface area contributed by atoms with Gasteiger partial charge in [-0.05, 0) is 6.07 Å². The number of H-pyrrole nitrogens is 1. The molecule has 1 aliphatic rings. The first kappa shape index (κ1) is 10.1. The van der Waals surface area contributed by atoms with Gasteiger partial charge in [-0.2, -0.15) is 9.40 Å². The third-order valence-corrected chi connectivity index (χ3v) is 4.05. The number of aromatic amines is 1. The van der Waals surface area contributed by atoms with E-state index in [9.17, 15) is 13.2 Å². The highest BCUT2D eigenvalue weighted by molar-refractivity contribution is 7.89. The Bertz CT molecular complexity index is 460. The van der Waals surface area contributed by atoms with E-state index in [0.717, 1.165) is 4.31 Å². The molecule has 2 heterocycles. The third kappa shape index (κ3) is 1.61. The quantitative estimate of drug-likeness (QED) is 0.702. The molecule has 8 heteroatoms. The summed E-state index contributed by atoms with van der Waals surface area (Å²) in [6.07, 6.45) is 1.33. The van der Waals surface area contributed by atoms with Gasteiger partial charge in [-0.25, -0.2) is 8.42 Å². The molecule has 0 bridgehead atoms. The number of aromatic nitrogens is 2. The maximum Gasteiger partial charge on any atom is 0.309 e. The van der Waals surface area contributed by atoms with Crippen molar-refractivity contribution in [3.05, 3.63) is 12.3 Å². The summed E-state index contributed by atoms with van der Waals surface area (Å²) < 4.78 is 24.5. The van der Waals surface area contributed by atoms with Gasteiger partial charge in [-0.3, -0.25) is 9.89 Å². The topological polar surface area (TPSA) is 103 Å². The van der Waals surface area contributed by atoms with Gasteiger partial charge in [0.2, 0.25) is 0 Å². The van der Waals surface area contributed by atoms with Crippen LogP contribution in [0.1, 0.15) is 0 Å². The van der Waals surface area contributed by atoms with E-state index in [0.29, 0.717) is 0 Å². The van der Waals surface area contributed by atoms with Crippen molar-refractivity contribution in [1.29, 1.82) is 0 Å². The zero-order chi connectivity index (χ0) is 11.1. The van der Waals surface area contributed by atoms with Crippen LogP contribution >= 0.6 is 0 Å². The Balaban J connectivity index is 2.11. The van der Waals surface area contributed by atoms with Gasteiger partial charge in [0.05, 0.1) is 12.1 Å². The van der Waals surface area contributed by atoms with Gasteiger partial charge in [-0.15, -0.1) is 0 Å². The first-order valence-corrected chi connectivity index (χ1v) is 5.68. The van der Waals surface area contributed by atoms with Gasteiger partial charge in [-0.1, -0.05) is 0 Å². The highest BCUT2D eigenvalue weighted by Crippen LogP contribution is 2.23. The van der Waals surface area contributed by atoms with Gasteiger partial charge < -0.3 is 5.11 Å². The minimum absolute atomic E-state index is 0.00802. The second-order valence-electron chi connectivity index (χ2n) is 3.28. The molecule has 1 aromatic heterocycles. The molecule has 15 heavy (non-hydrogen) atoms. The summed E-state index contributed by atoms with van der Waals surface area (Å²) in [5.74, 6) is -1.56. The van der Waals surface area contributed by atoms with Gasteiger partial charge in [0.25, 0.3) is 10.0 Å². The minimum atomic E-state index is -3.57. The van der Waals surface area contributed by atoms with Crippen LogP contribution in [-0.2, 0) is 14.8 Å². The summed E-state index contributed by atoms with van der Waals surface area (Å²) in [6.45, 7) is 0.0490. The number of nitrogens with zero attached hydrogens (tertiary/aromatic N) is 2. The molecular formula is C7H9N3O4S. The Morgan fingerprint density at radius 1 is 1.60 bits per heavy atom. The van der Waals surface area contributed by atoms with Gasteiger partial charge in [0.15, 0.2) is 5.03 Å². The van der Waals surface area contributed by atoms with E-state index in [-0.39, 0.29) is 18.1 Å². The molecule has 7 nitrogen and oxygen atoms in total. The van der Waals surface area contributed by atoms with Gasteiger partial charge in [0, 0.05) is 13.1 Å². The zero-order valence-corrected chi connectivity index (χ0v) is 8.44. The Kier molecular flexibility index (Phi) is 2.24. The van der Waals surface area contributed by atoms with E-state index in [4.69, 9.17) is 5.11 Å². The lowest BCUT2D eigenvalue weighted by Crippen LogP contribution is -2.52. The van der Waals surface area contributed by atoms with E-state index in [1.165, 1.54) is 12.3 Å². The largest absolute Gasteiger partial charge is 0.481 e. The summed E-state index contributed by atoms with van der Waals surface area (Å²) in [5, 5.41) is 14.5. The number of nitrogens with one attached hydrogen (secondary N) is 1. The Morgan fingerprint density at radius 2 is 2.27 bits per heavy atom. The molecule has 82 valence electrons. The van der Waals surface area contributed by atoms with Crippen molar-refractivity contribution in [2.75, 3.05) is 13.1 Å². The van der Waals surface area contributed by atoms with Crippen LogP contribution in [0.3, 0.4) is 0 Å². The van der Waals surface area contributed by atoms with Crippen molar-refractivity contribution >= 4 is 16.0 Å². The average molecular weight is 231 g/mol. The predicted octanol–water partition coefficient (Wildman–Crippen LogP) is -0.885. The van der Waals surface area contributed by atoms with Crippen molar-refractivity contribution in [2.24, 2.45) is 5.92 Å². The number of rotatable bonds is 3. The van der Waals surface area contributed by atoms with E-state index < -0.39 is 21.9 Å². The van der Waals surface area contributed by atoms with E-state index >= 15 is 0 Å². The number of aliphatic carboxylic acids is 1. The van der Waals surface area contributed by atoms with Crippen LogP contribution in [0.15, 0.2) is 17.3 Å². The maximum absolute atomic E-state index is 11.7. The summed E-state index contributed by atoms with van der Waals surface area (Å²) in [4.78, 5) is 10.5. The summed E-state index contributed by atoms with van der Waals surface area (Å²) >= 11 is 0. The van der Waals surface area contributed by atoms with E-state index in [1.54, 1.807) is 0 Å². The standard InChI is InChI=1S/C7H9N3O4S/c11-7(12)5-3-10(4-5)15(13,14)6-1-2-8-9-6/h1-2,5H,3-4H2,(H,8,9)(H,11,12). The van der Waals surface area contributed by atoms with Crippen molar-refractivity contribution in [2.45, 2.75) is 5.03 Å². The van der Waals surface area contributed by atoms with Crippen molar-refractivity contribution in [1.82, 2.24) is 14.5 Å². The summed E-state index contributed by atoms with van der Waals surface area (Å²) in [7, 11) is -3.57. The van der Waals surface area contributed by atoms with E-state index in [2.05, 4.69) is 10.2 Å². The number of hydrogen-bond acceptors (Lipinski definition) is 4. The van der Waals surface area contributed by atoms with Crippen molar-refractivity contribution in [3.63, 3.8) is 0 Å². The molecule has 0 spiro atoms. The second kappa shape index (κ2) is 3.31. The molecule has 0 radical (unpaired) electrons. The number of sulfonamides is 1. The summed E-state index contributed by atoms with van der Waals surface area (Å²) in [5.41, 5.74) is 0. The molecule has 0 saturated carbocycles. The molecule has 1 aromatic rings. The molecule has 1 saturated heterocycles. The van der Waals surface area contributed by atoms with Crippen LogP contribution < -0.4 is 0 Å². The molecule has 1 aliphatic heterocycles. The minimum Gasteiger partial charge on any atom is -0.481 e. The third-order valence-electron chi connectivity index (χ3n) is 2.29. The first-order chi connectivity index (χ1) is 7.01. The fourth-order valence-corrected chi connectivity index (χ4v) is 2.75. The number of carbonyl (C=O) groups is 1. The summed E-state index contributed by atoms with van der Waals surface area (Å²) in [6, 6.07) is 1.34. The zero-order valence-electron chi connectivity index (χ0n) is 7.62. The molecule has 0 aliphatic carbocycles. The maximum atomic E-state index is 11.7. The molecule has 2 N–H and O–H groups in total. The fraction of sp³-hybridized carbons (Fsp3) is 0.429. The molecule has 1 fully saturated rings. The smallest absolute Gasteiger partial charge is 0.309 e. The van der Waals surface area contributed by atoms with Crippen molar-refractivity contribution < 1.29 is 18.3 Å². The molecule has 0 atom stereocenters.